The molecule has 0 amide bonds. The SMILES string of the molecule is COC(=O)Cc1cc(OC)c(S(=O)(=O)Cl)cc1Br.COC(=O)Cc1cc(OC)ccc1Br. The van der Waals surface area contributed by atoms with E-state index in [0.29, 0.717) is 10.0 Å². The minimum atomic E-state index is -3.92. The summed E-state index contributed by atoms with van der Waals surface area (Å²) in [5.74, 6) is 0.0948. The molecule has 0 aliphatic heterocycles. The van der Waals surface area contributed by atoms with Crippen molar-refractivity contribution in [2.24, 2.45) is 0 Å². The first-order chi connectivity index (χ1) is 15.0. The largest absolute Gasteiger partial charge is 0.497 e. The summed E-state index contributed by atoms with van der Waals surface area (Å²) < 4.78 is 43.1. The Balaban J connectivity index is 0.000000330. The molecule has 0 N–H and O–H groups in total. The van der Waals surface area contributed by atoms with Gasteiger partial charge in [-0.05, 0) is 41.5 Å². The topological polar surface area (TPSA) is 105 Å². The van der Waals surface area contributed by atoms with E-state index in [9.17, 15) is 18.0 Å². The van der Waals surface area contributed by atoms with Gasteiger partial charge in [-0.3, -0.25) is 9.59 Å². The van der Waals surface area contributed by atoms with Crippen molar-refractivity contribution in [3.05, 3.63) is 50.4 Å². The Morgan fingerprint density at radius 1 is 0.844 bits per heavy atom. The monoisotopic (exact) mass is 614 g/mol. The number of carbonyl (C=O) groups is 2. The number of hydrogen-bond acceptors (Lipinski definition) is 8. The third-order valence-electron chi connectivity index (χ3n) is 3.97. The second kappa shape index (κ2) is 13.0. The molecule has 0 atom stereocenters. The lowest BCUT2D eigenvalue weighted by Crippen LogP contribution is -2.06. The number of ether oxygens (including phenoxy) is 4. The van der Waals surface area contributed by atoms with Crippen molar-refractivity contribution < 1.29 is 37.0 Å². The fourth-order valence-corrected chi connectivity index (χ4v) is 4.36. The molecular formula is C20H21Br2ClO8S. The Bertz CT molecular complexity index is 1070. The third kappa shape index (κ3) is 8.61. The molecule has 0 saturated carbocycles. The van der Waals surface area contributed by atoms with Gasteiger partial charge in [-0.25, -0.2) is 8.42 Å². The van der Waals surface area contributed by atoms with Gasteiger partial charge in [-0.2, -0.15) is 0 Å². The Morgan fingerprint density at radius 3 is 1.81 bits per heavy atom. The van der Waals surface area contributed by atoms with E-state index in [-0.39, 0.29) is 29.5 Å². The fraction of sp³-hybridized carbons (Fsp3) is 0.300. The lowest BCUT2D eigenvalue weighted by Gasteiger charge is -2.10. The molecule has 2 aromatic carbocycles. The van der Waals surface area contributed by atoms with Crippen LogP contribution in [-0.4, -0.2) is 48.8 Å². The molecule has 0 heterocycles. The van der Waals surface area contributed by atoms with Gasteiger partial charge in [0.25, 0.3) is 9.05 Å². The number of hydrogen-bond donors (Lipinski definition) is 0. The maximum atomic E-state index is 11.3. The van der Waals surface area contributed by atoms with Crippen molar-refractivity contribution >= 4 is 63.5 Å². The molecule has 0 aromatic heterocycles. The number of halogens is 3. The van der Waals surface area contributed by atoms with E-state index < -0.39 is 15.0 Å². The van der Waals surface area contributed by atoms with Gasteiger partial charge in [0.1, 0.15) is 16.4 Å². The highest BCUT2D eigenvalue weighted by molar-refractivity contribution is 9.10. The molecule has 0 aliphatic carbocycles. The van der Waals surface area contributed by atoms with Crippen molar-refractivity contribution in [2.75, 3.05) is 28.4 Å². The predicted octanol–water partition coefficient (Wildman–Crippen LogP) is 4.27. The Kier molecular flexibility index (Phi) is 11.5. The third-order valence-corrected chi connectivity index (χ3v) is 6.83. The van der Waals surface area contributed by atoms with Crippen LogP contribution in [0.3, 0.4) is 0 Å². The Labute approximate surface area is 207 Å². The summed E-state index contributed by atoms with van der Waals surface area (Å²) in [4.78, 5) is 22.1. The molecule has 32 heavy (non-hydrogen) atoms. The Hall–Kier alpha value is -1.82. The van der Waals surface area contributed by atoms with Crippen LogP contribution in [0, 0.1) is 0 Å². The fourth-order valence-electron chi connectivity index (χ4n) is 2.33. The Morgan fingerprint density at radius 2 is 1.38 bits per heavy atom. The maximum Gasteiger partial charge on any atom is 0.310 e. The van der Waals surface area contributed by atoms with Crippen LogP contribution >= 0.6 is 42.5 Å². The highest BCUT2D eigenvalue weighted by Crippen LogP contribution is 2.33. The van der Waals surface area contributed by atoms with Gasteiger partial charge < -0.3 is 18.9 Å². The smallest absolute Gasteiger partial charge is 0.310 e. The van der Waals surface area contributed by atoms with E-state index in [2.05, 4.69) is 41.3 Å². The highest BCUT2D eigenvalue weighted by atomic mass is 79.9. The number of methoxy groups -OCH3 is 4. The van der Waals surface area contributed by atoms with Crippen molar-refractivity contribution in [1.82, 2.24) is 0 Å². The lowest BCUT2D eigenvalue weighted by molar-refractivity contribution is -0.140. The summed E-state index contributed by atoms with van der Waals surface area (Å²) in [6.07, 6.45) is 0.240. The molecule has 0 bridgehead atoms. The molecule has 8 nitrogen and oxygen atoms in total. The first-order valence-corrected chi connectivity index (χ1v) is 12.6. The molecule has 2 rings (SSSR count). The molecular weight excluding hydrogens is 596 g/mol. The van der Waals surface area contributed by atoms with Crippen molar-refractivity contribution in [3.63, 3.8) is 0 Å². The molecule has 0 aliphatic rings. The van der Waals surface area contributed by atoms with Crippen molar-refractivity contribution in [1.29, 1.82) is 0 Å². The second-order valence-electron chi connectivity index (χ2n) is 6.00. The predicted molar refractivity (Wildman–Crippen MR) is 126 cm³/mol. The van der Waals surface area contributed by atoms with Gasteiger partial charge in [0, 0.05) is 19.6 Å². The highest BCUT2D eigenvalue weighted by Gasteiger charge is 2.20. The van der Waals surface area contributed by atoms with Crippen LogP contribution < -0.4 is 9.47 Å². The van der Waals surface area contributed by atoms with Gasteiger partial charge in [-0.1, -0.05) is 31.9 Å². The maximum absolute atomic E-state index is 11.3. The van der Waals surface area contributed by atoms with E-state index in [0.717, 1.165) is 15.8 Å². The van der Waals surface area contributed by atoms with Crippen LogP contribution in [-0.2, 0) is 41.0 Å². The van der Waals surface area contributed by atoms with E-state index >= 15 is 0 Å². The second-order valence-corrected chi connectivity index (χ2v) is 10.2. The molecule has 2 aromatic rings. The van der Waals surface area contributed by atoms with Gasteiger partial charge >= 0.3 is 11.9 Å². The zero-order valence-electron chi connectivity index (χ0n) is 17.6. The zero-order valence-corrected chi connectivity index (χ0v) is 22.4. The standard InChI is InChI=1S/C10H10BrClO5S.C10H11BrO3/c1-16-8-3-6(4-10(13)17-2)7(11)5-9(8)18(12,14)15;1-13-8-3-4-9(11)7(5-8)6-10(12)14-2/h3,5H,4H2,1-2H3;3-5H,6H2,1-2H3. The molecule has 0 radical (unpaired) electrons. The first kappa shape index (κ1) is 28.2. The van der Waals surface area contributed by atoms with Gasteiger partial charge in [0.2, 0.25) is 0 Å². The van der Waals surface area contributed by atoms with E-state index in [1.807, 2.05) is 12.1 Å². The molecule has 12 heteroatoms. The van der Waals surface area contributed by atoms with Crippen LogP contribution in [0.1, 0.15) is 11.1 Å². The van der Waals surface area contributed by atoms with E-state index in [1.165, 1.54) is 33.5 Å². The zero-order chi connectivity index (χ0) is 24.5. The van der Waals surface area contributed by atoms with Gasteiger partial charge in [0.15, 0.2) is 0 Å². The normalized spacial score (nSPS) is 10.5. The first-order valence-electron chi connectivity index (χ1n) is 8.73. The average molecular weight is 617 g/mol. The summed E-state index contributed by atoms with van der Waals surface area (Å²) in [7, 11) is 6.91. The van der Waals surface area contributed by atoms with Gasteiger partial charge in [0.05, 0.1) is 41.3 Å². The molecule has 0 unspecified atom stereocenters. The van der Waals surface area contributed by atoms with Gasteiger partial charge in [-0.15, -0.1) is 0 Å². The number of benzene rings is 2. The molecule has 0 spiro atoms. The minimum absolute atomic E-state index is 0.00391. The van der Waals surface area contributed by atoms with Crippen LogP contribution in [0.25, 0.3) is 0 Å². The quantitative estimate of drug-likeness (QED) is 0.336. The van der Waals surface area contributed by atoms with Crippen LogP contribution in [0.5, 0.6) is 11.5 Å². The summed E-state index contributed by atoms with van der Waals surface area (Å²) in [5, 5.41) is 0. The van der Waals surface area contributed by atoms with Crippen LogP contribution in [0.2, 0.25) is 0 Å². The summed E-state index contributed by atoms with van der Waals surface area (Å²) in [5.41, 5.74) is 1.40. The van der Waals surface area contributed by atoms with Crippen molar-refractivity contribution in [3.8, 4) is 11.5 Å². The van der Waals surface area contributed by atoms with Crippen LogP contribution in [0.4, 0.5) is 0 Å². The molecule has 0 fully saturated rings. The lowest BCUT2D eigenvalue weighted by atomic mass is 10.1. The summed E-state index contributed by atoms with van der Waals surface area (Å²) in [6, 6.07) is 8.19. The minimum Gasteiger partial charge on any atom is -0.497 e. The van der Waals surface area contributed by atoms with Crippen molar-refractivity contribution in [2.45, 2.75) is 17.7 Å². The summed E-state index contributed by atoms with van der Waals surface area (Å²) in [6.45, 7) is 0. The average Bonchev–Trinajstić information content (AvgIpc) is 2.75. The molecule has 0 saturated heterocycles. The number of esters is 2. The van der Waals surface area contributed by atoms with E-state index in [4.69, 9.17) is 20.2 Å². The van der Waals surface area contributed by atoms with E-state index in [1.54, 1.807) is 13.2 Å². The number of carbonyl (C=O) groups excluding carboxylic acids is 2. The summed E-state index contributed by atoms with van der Waals surface area (Å²) >= 11 is 6.53. The molecule has 176 valence electrons. The number of rotatable bonds is 7. The van der Waals surface area contributed by atoms with Crippen LogP contribution in [0.15, 0.2) is 44.2 Å².